The van der Waals surface area contributed by atoms with Gasteiger partial charge in [0.25, 0.3) is 0 Å². The van der Waals surface area contributed by atoms with Crippen LogP contribution in [0.15, 0.2) is 53.8 Å². The third-order valence-corrected chi connectivity index (χ3v) is 5.12. The van der Waals surface area contributed by atoms with Crippen LogP contribution < -0.4 is 20.1 Å². The summed E-state index contributed by atoms with van der Waals surface area (Å²) in [5.74, 6) is 2.82. The van der Waals surface area contributed by atoms with Crippen molar-refractivity contribution in [1.29, 1.82) is 0 Å². The molecule has 1 aromatic carbocycles. The second-order valence-electron chi connectivity index (χ2n) is 6.52. The number of aliphatic imine (C=N–C) groups is 1. The van der Waals surface area contributed by atoms with Crippen LogP contribution in [-0.2, 0) is 13.0 Å². The zero-order valence-electron chi connectivity index (χ0n) is 17.9. The van der Waals surface area contributed by atoms with Gasteiger partial charge in [0, 0.05) is 42.8 Å². The van der Waals surface area contributed by atoms with Crippen molar-refractivity contribution in [2.24, 2.45) is 4.99 Å². The fraction of sp³-hybridized carbons (Fsp3) is 0.318. The molecule has 0 aliphatic rings. The van der Waals surface area contributed by atoms with Crippen molar-refractivity contribution >= 4 is 41.3 Å². The first kappa shape index (κ1) is 24.9. The van der Waals surface area contributed by atoms with Crippen molar-refractivity contribution < 1.29 is 9.47 Å². The van der Waals surface area contributed by atoms with Gasteiger partial charge in [0.15, 0.2) is 5.96 Å². The summed E-state index contributed by atoms with van der Waals surface area (Å²) in [6.45, 7) is 6.23. The van der Waals surface area contributed by atoms with Crippen LogP contribution in [0.5, 0.6) is 17.4 Å². The molecule has 0 spiro atoms. The van der Waals surface area contributed by atoms with E-state index in [1.807, 2.05) is 49.5 Å². The standard InChI is InChI=1S/C22H27N5O2S.HI/c1-4-23-22(24-12-11-21-26-13-16(2)30-21)27-15-17-5-10-20(25-14-17)29-19-8-6-18(28-3)7-9-19;/h5-10,13-14H,4,11-12,15H2,1-3H3,(H2,23,24,27);1H. The van der Waals surface area contributed by atoms with Crippen LogP contribution >= 0.6 is 35.3 Å². The number of aromatic nitrogens is 2. The van der Waals surface area contributed by atoms with Crippen molar-refractivity contribution in [2.75, 3.05) is 20.2 Å². The molecule has 0 saturated heterocycles. The summed E-state index contributed by atoms with van der Waals surface area (Å²) in [5, 5.41) is 7.75. The Hall–Kier alpha value is -2.40. The molecular formula is C22H28IN5O2S. The molecule has 2 N–H and O–H groups in total. The van der Waals surface area contributed by atoms with Crippen LogP contribution in [0.2, 0.25) is 0 Å². The van der Waals surface area contributed by atoms with Gasteiger partial charge in [-0.3, -0.25) is 0 Å². The van der Waals surface area contributed by atoms with Gasteiger partial charge in [0.05, 0.1) is 18.7 Å². The number of ether oxygens (including phenoxy) is 2. The highest BCUT2D eigenvalue weighted by atomic mass is 127. The van der Waals surface area contributed by atoms with E-state index < -0.39 is 0 Å². The van der Waals surface area contributed by atoms with Crippen LogP contribution in [0, 0.1) is 6.92 Å². The van der Waals surface area contributed by atoms with Crippen molar-refractivity contribution in [3.05, 3.63) is 64.2 Å². The molecule has 0 atom stereocenters. The third kappa shape index (κ3) is 8.33. The summed E-state index contributed by atoms with van der Waals surface area (Å²) < 4.78 is 10.9. The first-order valence-electron chi connectivity index (χ1n) is 9.86. The van der Waals surface area contributed by atoms with E-state index in [-0.39, 0.29) is 24.0 Å². The predicted molar refractivity (Wildman–Crippen MR) is 136 cm³/mol. The molecule has 0 aliphatic heterocycles. The van der Waals surface area contributed by atoms with Crippen LogP contribution in [0.1, 0.15) is 22.4 Å². The largest absolute Gasteiger partial charge is 0.497 e. The highest BCUT2D eigenvalue weighted by Crippen LogP contribution is 2.22. The highest BCUT2D eigenvalue weighted by Gasteiger charge is 2.03. The first-order valence-corrected chi connectivity index (χ1v) is 10.7. The lowest BCUT2D eigenvalue weighted by Crippen LogP contribution is -2.38. The van der Waals surface area contributed by atoms with Gasteiger partial charge in [-0.25, -0.2) is 15.0 Å². The Kier molecular flexibility index (Phi) is 10.5. The first-order chi connectivity index (χ1) is 14.7. The maximum absolute atomic E-state index is 5.76. The van der Waals surface area contributed by atoms with Crippen LogP contribution in [-0.4, -0.2) is 36.1 Å². The molecule has 31 heavy (non-hydrogen) atoms. The quantitative estimate of drug-likeness (QED) is 0.230. The minimum absolute atomic E-state index is 0. The molecule has 0 aliphatic carbocycles. The maximum Gasteiger partial charge on any atom is 0.219 e. The Balaban J connectivity index is 0.00000341. The second kappa shape index (κ2) is 13.1. The highest BCUT2D eigenvalue weighted by molar-refractivity contribution is 14.0. The van der Waals surface area contributed by atoms with Gasteiger partial charge in [0.2, 0.25) is 5.88 Å². The summed E-state index contributed by atoms with van der Waals surface area (Å²) in [4.78, 5) is 14.6. The number of rotatable bonds is 9. The molecule has 0 amide bonds. The van der Waals surface area contributed by atoms with Crippen molar-refractivity contribution in [3.8, 4) is 17.4 Å². The number of halogens is 1. The number of aryl methyl sites for hydroxylation is 1. The maximum atomic E-state index is 5.76. The zero-order valence-corrected chi connectivity index (χ0v) is 21.1. The van der Waals surface area contributed by atoms with Gasteiger partial charge in [-0.1, -0.05) is 6.07 Å². The van der Waals surface area contributed by atoms with Gasteiger partial charge < -0.3 is 20.1 Å². The lowest BCUT2D eigenvalue weighted by Gasteiger charge is -2.10. The predicted octanol–water partition coefficient (Wildman–Crippen LogP) is 4.56. The Morgan fingerprint density at radius 1 is 1.03 bits per heavy atom. The zero-order chi connectivity index (χ0) is 21.2. The van der Waals surface area contributed by atoms with Gasteiger partial charge in [-0.15, -0.1) is 35.3 Å². The number of thiazole rings is 1. The number of guanidine groups is 1. The molecule has 9 heteroatoms. The molecule has 2 aromatic heterocycles. The molecule has 3 aromatic rings. The fourth-order valence-corrected chi connectivity index (χ4v) is 3.43. The van der Waals surface area contributed by atoms with E-state index in [4.69, 9.17) is 9.47 Å². The molecular weight excluding hydrogens is 525 g/mol. The van der Waals surface area contributed by atoms with Crippen molar-refractivity contribution in [1.82, 2.24) is 20.6 Å². The Morgan fingerprint density at radius 2 is 1.81 bits per heavy atom. The topological polar surface area (TPSA) is 80.7 Å². The second-order valence-corrected chi connectivity index (χ2v) is 7.84. The fourth-order valence-electron chi connectivity index (χ4n) is 2.65. The minimum Gasteiger partial charge on any atom is -0.497 e. The molecule has 0 unspecified atom stereocenters. The molecule has 3 rings (SSSR count). The molecule has 0 radical (unpaired) electrons. The van der Waals surface area contributed by atoms with Crippen molar-refractivity contribution in [2.45, 2.75) is 26.8 Å². The van der Waals surface area contributed by atoms with E-state index in [1.165, 1.54) is 4.88 Å². The van der Waals surface area contributed by atoms with Gasteiger partial charge in [0.1, 0.15) is 11.5 Å². The van der Waals surface area contributed by atoms with E-state index in [9.17, 15) is 0 Å². The molecule has 0 saturated carbocycles. The number of hydrogen-bond acceptors (Lipinski definition) is 6. The van der Waals surface area contributed by atoms with Crippen LogP contribution in [0.3, 0.4) is 0 Å². The molecule has 2 heterocycles. The number of benzene rings is 1. The average Bonchev–Trinajstić information content (AvgIpc) is 3.18. The number of nitrogens with one attached hydrogen (secondary N) is 2. The van der Waals surface area contributed by atoms with Crippen LogP contribution in [0.25, 0.3) is 0 Å². The van der Waals surface area contributed by atoms with E-state index in [0.717, 1.165) is 41.8 Å². The van der Waals surface area contributed by atoms with E-state index in [0.29, 0.717) is 18.2 Å². The summed E-state index contributed by atoms with van der Waals surface area (Å²) in [5.41, 5.74) is 1.00. The number of hydrogen-bond donors (Lipinski definition) is 2. The Morgan fingerprint density at radius 3 is 2.42 bits per heavy atom. The summed E-state index contributed by atoms with van der Waals surface area (Å²) in [6.07, 6.45) is 4.57. The van der Waals surface area contributed by atoms with Crippen molar-refractivity contribution in [3.63, 3.8) is 0 Å². The average molecular weight is 553 g/mol. The minimum atomic E-state index is 0. The molecule has 7 nitrogen and oxygen atoms in total. The molecule has 0 bridgehead atoms. The number of nitrogens with zero attached hydrogens (tertiary/aromatic N) is 3. The lowest BCUT2D eigenvalue weighted by atomic mass is 10.3. The third-order valence-electron chi connectivity index (χ3n) is 4.14. The Labute approximate surface area is 204 Å². The Bertz CT molecular complexity index is 945. The van der Waals surface area contributed by atoms with Gasteiger partial charge >= 0.3 is 0 Å². The van der Waals surface area contributed by atoms with Gasteiger partial charge in [-0.2, -0.15) is 0 Å². The normalized spacial score (nSPS) is 10.9. The van der Waals surface area contributed by atoms with E-state index in [2.05, 4.69) is 32.5 Å². The summed E-state index contributed by atoms with van der Waals surface area (Å²) >= 11 is 1.73. The smallest absolute Gasteiger partial charge is 0.219 e. The lowest BCUT2D eigenvalue weighted by molar-refractivity contribution is 0.412. The SMILES string of the molecule is CCNC(=NCc1ccc(Oc2ccc(OC)cc2)nc1)NCCc1ncc(C)s1.I. The van der Waals surface area contributed by atoms with E-state index >= 15 is 0 Å². The summed E-state index contributed by atoms with van der Waals surface area (Å²) in [6, 6.07) is 11.2. The molecule has 166 valence electrons. The summed E-state index contributed by atoms with van der Waals surface area (Å²) in [7, 11) is 1.64. The van der Waals surface area contributed by atoms with Gasteiger partial charge in [-0.05, 0) is 43.7 Å². The van der Waals surface area contributed by atoms with Crippen LogP contribution in [0.4, 0.5) is 0 Å². The van der Waals surface area contributed by atoms with E-state index in [1.54, 1.807) is 24.6 Å². The monoisotopic (exact) mass is 553 g/mol. The number of pyridine rings is 1. The molecule has 0 fully saturated rings. The number of methoxy groups -OCH3 is 1.